The first-order valence-corrected chi connectivity index (χ1v) is 2.73. The van der Waals surface area contributed by atoms with Gasteiger partial charge >= 0.3 is 12.1 Å². The zero-order chi connectivity index (χ0) is 7.72. The van der Waals surface area contributed by atoms with Crippen LogP contribution in [-0.2, 0) is 4.79 Å². The summed E-state index contributed by atoms with van der Waals surface area (Å²) < 4.78 is 0.721. The van der Waals surface area contributed by atoms with Crippen LogP contribution in [0.5, 0.6) is 0 Å². The third kappa shape index (κ3) is 0.975. The SMILES string of the molecule is CC(=O)C1=[N+]([O-])C=[N+]([O-])C1. The van der Waals surface area contributed by atoms with Crippen LogP contribution >= 0.6 is 0 Å². The molecule has 54 valence electrons. The Labute approximate surface area is 57.1 Å². The Morgan fingerprint density at radius 3 is 2.50 bits per heavy atom. The summed E-state index contributed by atoms with van der Waals surface area (Å²) in [7, 11) is 0. The van der Waals surface area contributed by atoms with Crippen molar-refractivity contribution in [2.45, 2.75) is 6.92 Å². The number of hydrogen-bond acceptors (Lipinski definition) is 3. The van der Waals surface area contributed by atoms with Gasteiger partial charge in [0.15, 0.2) is 0 Å². The number of carbonyl (C=O) groups is 1. The minimum atomic E-state index is -0.357. The molecular weight excluding hydrogens is 136 g/mol. The maximum Gasteiger partial charge on any atom is 0.425 e. The normalized spacial score (nSPS) is 17.5. The van der Waals surface area contributed by atoms with Crippen molar-refractivity contribution < 1.29 is 14.3 Å². The van der Waals surface area contributed by atoms with E-state index in [0.29, 0.717) is 9.48 Å². The van der Waals surface area contributed by atoms with E-state index in [-0.39, 0.29) is 18.0 Å². The van der Waals surface area contributed by atoms with E-state index >= 15 is 0 Å². The van der Waals surface area contributed by atoms with Crippen molar-refractivity contribution in [1.29, 1.82) is 0 Å². The monoisotopic (exact) mass is 142 g/mol. The maximum atomic E-state index is 10.6. The van der Waals surface area contributed by atoms with Crippen LogP contribution in [0, 0.1) is 10.4 Å². The Bertz CT molecular complexity index is 241. The van der Waals surface area contributed by atoms with Crippen molar-refractivity contribution in [3.05, 3.63) is 10.4 Å². The van der Waals surface area contributed by atoms with E-state index in [0.717, 1.165) is 6.34 Å². The Morgan fingerprint density at radius 1 is 1.70 bits per heavy atom. The predicted molar refractivity (Wildman–Crippen MR) is 33.9 cm³/mol. The van der Waals surface area contributed by atoms with E-state index in [4.69, 9.17) is 0 Å². The van der Waals surface area contributed by atoms with Crippen LogP contribution < -0.4 is 0 Å². The lowest BCUT2D eigenvalue weighted by molar-refractivity contribution is -0.462. The third-order valence-corrected chi connectivity index (χ3v) is 1.21. The van der Waals surface area contributed by atoms with Crippen LogP contribution in [0.2, 0.25) is 0 Å². The summed E-state index contributed by atoms with van der Waals surface area (Å²) in [6.45, 7) is 1.13. The molecule has 0 saturated carbocycles. The summed E-state index contributed by atoms with van der Waals surface area (Å²) in [4.78, 5) is 10.5. The molecule has 0 bridgehead atoms. The second kappa shape index (κ2) is 2.09. The quantitative estimate of drug-likeness (QED) is 0.351. The van der Waals surface area contributed by atoms with E-state index in [1.54, 1.807) is 0 Å². The molecule has 0 saturated heterocycles. The van der Waals surface area contributed by atoms with Gasteiger partial charge in [0.05, 0.1) is 0 Å². The molecule has 0 unspecified atom stereocenters. The summed E-state index contributed by atoms with van der Waals surface area (Å²) in [6, 6.07) is 0. The van der Waals surface area contributed by atoms with E-state index in [9.17, 15) is 15.2 Å². The minimum Gasteiger partial charge on any atom is -0.619 e. The molecule has 0 radical (unpaired) electrons. The van der Waals surface area contributed by atoms with Gasteiger partial charge in [0.25, 0.3) is 0 Å². The van der Waals surface area contributed by atoms with Crippen LogP contribution in [0.25, 0.3) is 0 Å². The molecule has 0 amide bonds. The van der Waals surface area contributed by atoms with E-state index in [2.05, 4.69) is 0 Å². The highest BCUT2D eigenvalue weighted by atomic mass is 16.5. The fraction of sp³-hybridized carbons (Fsp3) is 0.400. The van der Waals surface area contributed by atoms with E-state index < -0.39 is 0 Å². The standard InChI is InChI=1S/C5H6N2O3/c1-4(8)5-2-6(9)3-7(5)10/h3H,2H2,1H3. The van der Waals surface area contributed by atoms with Crippen molar-refractivity contribution in [2.24, 2.45) is 0 Å². The first kappa shape index (κ1) is 6.73. The molecular formula is C5H6N2O3. The molecule has 0 aromatic carbocycles. The second-order valence-corrected chi connectivity index (χ2v) is 2.02. The average molecular weight is 142 g/mol. The lowest BCUT2D eigenvalue weighted by Crippen LogP contribution is -2.21. The van der Waals surface area contributed by atoms with Crippen LogP contribution in [0.15, 0.2) is 0 Å². The summed E-state index contributed by atoms with van der Waals surface area (Å²) in [5, 5.41) is 21.0. The fourth-order valence-electron chi connectivity index (χ4n) is 0.711. The van der Waals surface area contributed by atoms with Crippen LogP contribution in [0.1, 0.15) is 6.92 Å². The molecule has 1 aliphatic rings. The fourth-order valence-corrected chi connectivity index (χ4v) is 0.711. The number of Topliss-reactive ketones (excluding diaryl/α,β-unsaturated/α-hetero) is 1. The molecule has 0 spiro atoms. The summed E-state index contributed by atoms with van der Waals surface area (Å²) in [5.74, 6) is -0.357. The number of nitrogens with zero attached hydrogens (tertiary/aromatic N) is 2. The van der Waals surface area contributed by atoms with E-state index in [1.807, 2.05) is 0 Å². The maximum absolute atomic E-state index is 10.6. The highest BCUT2D eigenvalue weighted by Gasteiger charge is 2.26. The molecule has 0 N–H and O–H groups in total. The Balaban J connectivity index is 2.86. The van der Waals surface area contributed by atoms with Gasteiger partial charge in [-0.25, -0.2) is 0 Å². The number of hydrogen-bond donors (Lipinski definition) is 0. The lowest BCUT2D eigenvalue weighted by atomic mass is 10.3. The van der Waals surface area contributed by atoms with Crippen molar-refractivity contribution in [3.8, 4) is 0 Å². The smallest absolute Gasteiger partial charge is 0.425 e. The highest BCUT2D eigenvalue weighted by molar-refractivity contribution is 6.38. The van der Waals surface area contributed by atoms with Gasteiger partial charge in [-0.2, -0.15) is 0 Å². The van der Waals surface area contributed by atoms with Crippen LogP contribution in [-0.4, -0.2) is 33.9 Å². The number of rotatable bonds is 1. The lowest BCUT2D eigenvalue weighted by Gasteiger charge is -1.89. The molecule has 0 aromatic heterocycles. The first-order valence-electron chi connectivity index (χ1n) is 2.73. The van der Waals surface area contributed by atoms with Gasteiger partial charge in [-0.05, 0) is 0 Å². The largest absolute Gasteiger partial charge is 0.619 e. The van der Waals surface area contributed by atoms with Crippen molar-refractivity contribution in [1.82, 2.24) is 0 Å². The Morgan fingerprint density at radius 2 is 2.30 bits per heavy atom. The second-order valence-electron chi connectivity index (χ2n) is 2.02. The first-order chi connectivity index (χ1) is 4.61. The summed E-state index contributed by atoms with van der Waals surface area (Å²) >= 11 is 0. The topological polar surface area (TPSA) is 69.2 Å². The van der Waals surface area contributed by atoms with E-state index in [1.165, 1.54) is 6.92 Å². The Kier molecular flexibility index (Phi) is 1.41. The van der Waals surface area contributed by atoms with Gasteiger partial charge < -0.3 is 10.4 Å². The number of ketones is 1. The number of carbonyl (C=O) groups excluding carboxylic acids is 1. The van der Waals surface area contributed by atoms with Gasteiger partial charge in [0, 0.05) is 6.92 Å². The number of hydroxylamine groups is 2. The minimum absolute atomic E-state index is 0.00463. The van der Waals surface area contributed by atoms with Crippen molar-refractivity contribution >= 4 is 17.8 Å². The molecule has 0 atom stereocenters. The molecule has 5 heteroatoms. The molecule has 1 heterocycles. The zero-order valence-electron chi connectivity index (χ0n) is 5.40. The average Bonchev–Trinajstić information content (AvgIpc) is 2.10. The van der Waals surface area contributed by atoms with Crippen molar-refractivity contribution in [3.63, 3.8) is 0 Å². The van der Waals surface area contributed by atoms with Crippen LogP contribution in [0.3, 0.4) is 0 Å². The van der Waals surface area contributed by atoms with Gasteiger partial charge in [-0.15, -0.1) is 9.48 Å². The molecule has 0 aliphatic carbocycles. The zero-order valence-corrected chi connectivity index (χ0v) is 5.40. The summed E-state index contributed by atoms with van der Waals surface area (Å²) in [6.07, 6.45) is 0.802. The van der Waals surface area contributed by atoms with Gasteiger partial charge in [0.1, 0.15) is 0 Å². The van der Waals surface area contributed by atoms with Gasteiger partial charge in [-0.1, -0.05) is 0 Å². The Hall–Kier alpha value is -1.39. The van der Waals surface area contributed by atoms with Gasteiger partial charge in [-0.3, -0.25) is 4.79 Å². The van der Waals surface area contributed by atoms with Crippen molar-refractivity contribution in [2.75, 3.05) is 6.54 Å². The summed E-state index contributed by atoms with van der Waals surface area (Å²) in [5.41, 5.74) is -0.00463. The molecule has 0 aromatic rings. The molecule has 10 heavy (non-hydrogen) atoms. The molecule has 5 nitrogen and oxygen atoms in total. The molecule has 1 rings (SSSR count). The highest BCUT2D eigenvalue weighted by Crippen LogP contribution is 1.88. The van der Waals surface area contributed by atoms with Crippen LogP contribution in [0.4, 0.5) is 0 Å². The van der Waals surface area contributed by atoms with Gasteiger partial charge in [0.2, 0.25) is 12.3 Å². The molecule has 0 fully saturated rings. The predicted octanol–water partition coefficient (Wildman–Crippen LogP) is -0.921. The molecule has 1 aliphatic heterocycles. The third-order valence-electron chi connectivity index (χ3n) is 1.21.